The standard InChI is InChI=1S/C28H34N4O4S/c1-32(20-22-14-18-29-19-15-22)37(34,35)31-24-12-16-28(17-13-24,23-8-4-3-5-9-23)21-30-27(33)25-10-6-7-11-26(25)36-2/h3-11,14-15,18-19,24,31H,12-13,16-17,20-21H2,1-2H3,(H,30,33). The van der Waals surface area contributed by atoms with Crippen LogP contribution in [0.3, 0.4) is 0 Å². The van der Waals surface area contributed by atoms with Gasteiger partial charge in [-0.05, 0) is 61.1 Å². The van der Waals surface area contributed by atoms with Crippen LogP contribution in [0.25, 0.3) is 0 Å². The molecule has 3 aromatic rings. The zero-order valence-corrected chi connectivity index (χ0v) is 22.1. The smallest absolute Gasteiger partial charge is 0.279 e. The Morgan fingerprint density at radius 2 is 1.68 bits per heavy atom. The van der Waals surface area contributed by atoms with E-state index in [0.29, 0.717) is 30.7 Å². The van der Waals surface area contributed by atoms with Crippen LogP contribution in [0.1, 0.15) is 47.2 Å². The SMILES string of the molecule is COc1ccccc1C(=O)NCC1(c2ccccc2)CCC(NS(=O)(=O)N(C)Cc2ccncc2)CC1. The molecular formula is C28H34N4O4S. The molecule has 1 aromatic heterocycles. The van der Waals surface area contributed by atoms with Gasteiger partial charge in [0.2, 0.25) is 0 Å². The lowest BCUT2D eigenvalue weighted by molar-refractivity contribution is 0.0932. The van der Waals surface area contributed by atoms with Gasteiger partial charge < -0.3 is 10.1 Å². The Kier molecular flexibility index (Phi) is 8.58. The summed E-state index contributed by atoms with van der Waals surface area (Å²) in [4.78, 5) is 17.0. The highest BCUT2D eigenvalue weighted by atomic mass is 32.2. The molecule has 0 radical (unpaired) electrons. The van der Waals surface area contributed by atoms with E-state index >= 15 is 0 Å². The van der Waals surface area contributed by atoms with E-state index in [4.69, 9.17) is 4.74 Å². The van der Waals surface area contributed by atoms with Gasteiger partial charge in [0.1, 0.15) is 5.75 Å². The average molecular weight is 523 g/mol. The van der Waals surface area contributed by atoms with E-state index in [0.717, 1.165) is 24.0 Å². The summed E-state index contributed by atoms with van der Waals surface area (Å²) >= 11 is 0. The van der Waals surface area contributed by atoms with Crippen LogP contribution in [0.5, 0.6) is 5.75 Å². The first-order valence-corrected chi connectivity index (χ1v) is 13.9. The molecule has 37 heavy (non-hydrogen) atoms. The summed E-state index contributed by atoms with van der Waals surface area (Å²) in [5, 5.41) is 3.12. The van der Waals surface area contributed by atoms with Gasteiger partial charge in [0.25, 0.3) is 16.1 Å². The van der Waals surface area contributed by atoms with Gasteiger partial charge in [0, 0.05) is 44.0 Å². The zero-order chi connectivity index (χ0) is 26.3. The van der Waals surface area contributed by atoms with Crippen LogP contribution in [0.15, 0.2) is 79.1 Å². The van der Waals surface area contributed by atoms with E-state index in [2.05, 4.69) is 27.2 Å². The number of amides is 1. The van der Waals surface area contributed by atoms with Gasteiger partial charge >= 0.3 is 0 Å². The Morgan fingerprint density at radius 3 is 2.35 bits per heavy atom. The number of benzene rings is 2. The molecule has 0 bridgehead atoms. The number of ether oxygens (including phenoxy) is 1. The topological polar surface area (TPSA) is 101 Å². The van der Waals surface area contributed by atoms with Gasteiger partial charge in [-0.25, -0.2) is 0 Å². The molecule has 0 saturated heterocycles. The molecule has 1 fully saturated rings. The number of carbonyl (C=O) groups is 1. The minimum absolute atomic E-state index is 0.174. The van der Waals surface area contributed by atoms with Crippen molar-refractivity contribution in [2.45, 2.75) is 43.7 Å². The Bertz CT molecular complexity index is 1280. The van der Waals surface area contributed by atoms with Crippen molar-refractivity contribution in [1.82, 2.24) is 19.3 Å². The van der Waals surface area contributed by atoms with E-state index in [1.54, 1.807) is 50.8 Å². The minimum Gasteiger partial charge on any atom is -0.496 e. The number of para-hydroxylation sites is 1. The van der Waals surface area contributed by atoms with E-state index in [-0.39, 0.29) is 23.9 Å². The second-order valence-electron chi connectivity index (χ2n) is 9.54. The Hall–Kier alpha value is -3.27. The van der Waals surface area contributed by atoms with Crippen molar-refractivity contribution in [2.24, 2.45) is 0 Å². The van der Waals surface area contributed by atoms with Gasteiger partial charge in [-0.15, -0.1) is 0 Å². The minimum atomic E-state index is -3.65. The first-order valence-electron chi connectivity index (χ1n) is 12.4. The van der Waals surface area contributed by atoms with Crippen LogP contribution in [0, 0.1) is 0 Å². The number of nitrogens with zero attached hydrogens (tertiary/aromatic N) is 2. The lowest BCUT2D eigenvalue weighted by atomic mass is 9.68. The third-order valence-corrected chi connectivity index (χ3v) is 8.73. The predicted octanol–water partition coefficient (Wildman–Crippen LogP) is 3.67. The highest BCUT2D eigenvalue weighted by molar-refractivity contribution is 7.87. The fraction of sp³-hybridized carbons (Fsp3) is 0.357. The number of rotatable bonds is 10. The number of aromatic nitrogens is 1. The fourth-order valence-corrected chi connectivity index (χ4v) is 6.11. The van der Waals surface area contributed by atoms with Crippen molar-refractivity contribution in [3.8, 4) is 5.75 Å². The quantitative estimate of drug-likeness (QED) is 0.423. The van der Waals surface area contributed by atoms with Crippen LogP contribution in [0.2, 0.25) is 0 Å². The molecule has 4 rings (SSSR count). The van der Waals surface area contributed by atoms with Crippen molar-refractivity contribution in [3.05, 3.63) is 95.8 Å². The molecule has 8 nitrogen and oxygen atoms in total. The summed E-state index contributed by atoms with van der Waals surface area (Å²) in [6.45, 7) is 0.725. The molecule has 1 amide bonds. The van der Waals surface area contributed by atoms with Gasteiger partial charge in [-0.2, -0.15) is 17.4 Å². The molecule has 1 saturated carbocycles. The summed E-state index contributed by atoms with van der Waals surface area (Å²) in [5.41, 5.74) is 2.22. The third-order valence-electron chi connectivity index (χ3n) is 7.15. The monoisotopic (exact) mass is 522 g/mol. The molecular weight excluding hydrogens is 488 g/mol. The molecule has 0 spiro atoms. The van der Waals surface area contributed by atoms with Crippen molar-refractivity contribution >= 4 is 16.1 Å². The summed E-state index contributed by atoms with van der Waals surface area (Å²) in [5.74, 6) is 0.344. The Labute approximate surface area is 219 Å². The maximum Gasteiger partial charge on any atom is 0.279 e. The van der Waals surface area contributed by atoms with E-state index in [1.165, 1.54) is 4.31 Å². The van der Waals surface area contributed by atoms with Crippen molar-refractivity contribution in [2.75, 3.05) is 20.7 Å². The number of pyridine rings is 1. The van der Waals surface area contributed by atoms with Gasteiger partial charge in [0.15, 0.2) is 0 Å². The summed E-state index contributed by atoms with van der Waals surface area (Å²) in [6.07, 6.45) is 6.12. The third kappa shape index (κ3) is 6.54. The number of hydrogen-bond acceptors (Lipinski definition) is 5. The van der Waals surface area contributed by atoms with Crippen LogP contribution >= 0.6 is 0 Å². The fourth-order valence-electron chi connectivity index (χ4n) is 4.96. The first kappa shape index (κ1) is 26.8. The van der Waals surface area contributed by atoms with Crippen molar-refractivity contribution in [1.29, 1.82) is 0 Å². The molecule has 2 aromatic carbocycles. The first-order chi connectivity index (χ1) is 17.8. The Balaban J connectivity index is 1.43. The number of methoxy groups -OCH3 is 1. The lowest BCUT2D eigenvalue weighted by Gasteiger charge is -2.41. The van der Waals surface area contributed by atoms with E-state index in [9.17, 15) is 13.2 Å². The average Bonchev–Trinajstić information content (AvgIpc) is 2.93. The molecule has 0 atom stereocenters. The van der Waals surface area contributed by atoms with Crippen molar-refractivity contribution < 1.29 is 17.9 Å². The van der Waals surface area contributed by atoms with Crippen LogP contribution in [-0.4, -0.2) is 50.4 Å². The Morgan fingerprint density at radius 1 is 1.03 bits per heavy atom. The largest absolute Gasteiger partial charge is 0.496 e. The maximum absolute atomic E-state index is 13.0. The normalized spacial score (nSPS) is 19.9. The summed E-state index contributed by atoms with van der Waals surface area (Å²) in [6, 6.07) is 20.7. The van der Waals surface area contributed by atoms with E-state index in [1.807, 2.05) is 30.3 Å². The summed E-state index contributed by atoms with van der Waals surface area (Å²) in [7, 11) is -0.524. The second-order valence-corrected chi connectivity index (χ2v) is 11.3. The molecule has 0 aliphatic heterocycles. The van der Waals surface area contributed by atoms with Crippen LogP contribution in [-0.2, 0) is 22.2 Å². The molecule has 1 aliphatic carbocycles. The van der Waals surface area contributed by atoms with Gasteiger partial charge in [-0.1, -0.05) is 42.5 Å². The highest BCUT2D eigenvalue weighted by Crippen LogP contribution is 2.39. The van der Waals surface area contributed by atoms with Crippen molar-refractivity contribution in [3.63, 3.8) is 0 Å². The highest BCUT2D eigenvalue weighted by Gasteiger charge is 2.38. The molecule has 1 heterocycles. The number of carbonyl (C=O) groups excluding carboxylic acids is 1. The predicted molar refractivity (Wildman–Crippen MR) is 143 cm³/mol. The molecule has 196 valence electrons. The summed E-state index contributed by atoms with van der Waals surface area (Å²) < 4.78 is 35.6. The van der Waals surface area contributed by atoms with Crippen LogP contribution in [0.4, 0.5) is 0 Å². The number of hydrogen-bond donors (Lipinski definition) is 2. The van der Waals surface area contributed by atoms with Crippen LogP contribution < -0.4 is 14.8 Å². The maximum atomic E-state index is 13.0. The zero-order valence-electron chi connectivity index (χ0n) is 21.3. The number of nitrogens with one attached hydrogen (secondary N) is 2. The second kappa shape index (κ2) is 11.9. The molecule has 1 aliphatic rings. The molecule has 9 heteroatoms. The van der Waals surface area contributed by atoms with Gasteiger partial charge in [-0.3, -0.25) is 9.78 Å². The molecule has 2 N–H and O–H groups in total. The lowest BCUT2D eigenvalue weighted by Crippen LogP contribution is -2.49. The van der Waals surface area contributed by atoms with Gasteiger partial charge in [0.05, 0.1) is 12.7 Å². The van der Waals surface area contributed by atoms with E-state index < -0.39 is 10.2 Å². The molecule has 0 unspecified atom stereocenters.